The molecule has 0 atom stereocenters. The number of ether oxygens (including phenoxy) is 2. The van der Waals surface area contributed by atoms with E-state index in [1.807, 2.05) is 30.9 Å². The van der Waals surface area contributed by atoms with Crippen LogP contribution >= 0.6 is 0 Å². The highest BCUT2D eigenvalue weighted by atomic mass is 16.5. The van der Waals surface area contributed by atoms with Crippen molar-refractivity contribution in [1.82, 2.24) is 9.80 Å². The van der Waals surface area contributed by atoms with Crippen molar-refractivity contribution in [2.24, 2.45) is 5.92 Å². The number of amides is 1. The molecule has 0 radical (unpaired) electrons. The van der Waals surface area contributed by atoms with Crippen LogP contribution in [-0.4, -0.2) is 67.7 Å². The van der Waals surface area contributed by atoms with Crippen molar-refractivity contribution in [2.45, 2.75) is 32.8 Å². The van der Waals surface area contributed by atoms with Gasteiger partial charge in [-0.15, -0.1) is 0 Å². The van der Waals surface area contributed by atoms with Crippen molar-refractivity contribution in [2.75, 3.05) is 45.9 Å². The second kappa shape index (κ2) is 9.90. The summed E-state index contributed by atoms with van der Waals surface area (Å²) in [6.45, 7) is 9.54. The number of hydrogen-bond acceptors (Lipinski definition) is 4. The number of piperidine rings is 1. The molecule has 2 aliphatic rings. The van der Waals surface area contributed by atoms with E-state index in [1.165, 1.54) is 5.56 Å². The fraction of sp³-hybridized carbons (Fsp3) is 0.591. The number of nitrogens with zero attached hydrogens (tertiary/aromatic N) is 2. The highest BCUT2D eigenvalue weighted by Crippen LogP contribution is 2.21. The quantitative estimate of drug-likeness (QED) is 0.770. The Morgan fingerprint density at radius 2 is 1.81 bits per heavy atom. The van der Waals surface area contributed by atoms with E-state index in [2.05, 4.69) is 29.2 Å². The average molecular weight is 373 g/mol. The van der Waals surface area contributed by atoms with E-state index in [4.69, 9.17) is 9.47 Å². The van der Waals surface area contributed by atoms with Crippen LogP contribution in [0.3, 0.4) is 0 Å². The van der Waals surface area contributed by atoms with E-state index in [1.54, 1.807) is 0 Å². The maximum absolute atomic E-state index is 12.5. The van der Waals surface area contributed by atoms with E-state index in [-0.39, 0.29) is 12.0 Å². The number of likely N-dealkylation sites (tertiary alicyclic amines) is 1. The van der Waals surface area contributed by atoms with E-state index >= 15 is 0 Å². The van der Waals surface area contributed by atoms with E-state index in [0.717, 1.165) is 58.0 Å². The van der Waals surface area contributed by atoms with Gasteiger partial charge in [0.25, 0.3) is 0 Å². The first kappa shape index (κ1) is 19.9. The van der Waals surface area contributed by atoms with Crippen LogP contribution in [-0.2, 0) is 9.53 Å². The summed E-state index contributed by atoms with van der Waals surface area (Å²) in [5.41, 5.74) is 1.19. The Bertz CT molecular complexity index is 613. The molecule has 2 saturated heterocycles. The monoisotopic (exact) mass is 372 g/mol. The van der Waals surface area contributed by atoms with Crippen molar-refractivity contribution < 1.29 is 14.3 Å². The molecule has 5 heteroatoms. The lowest BCUT2D eigenvalue weighted by molar-refractivity contribution is -0.134. The van der Waals surface area contributed by atoms with Gasteiger partial charge in [0.15, 0.2) is 0 Å². The topological polar surface area (TPSA) is 42.0 Å². The Balaban J connectivity index is 1.42. The fourth-order valence-corrected chi connectivity index (χ4v) is 3.57. The molecule has 5 nitrogen and oxygen atoms in total. The molecule has 2 fully saturated rings. The lowest BCUT2D eigenvalue weighted by Gasteiger charge is -2.33. The minimum absolute atomic E-state index is 0.197. The van der Waals surface area contributed by atoms with Gasteiger partial charge in [-0.2, -0.15) is 0 Å². The molecular formula is C22H32N2O3. The molecule has 1 aromatic carbocycles. The number of rotatable bonds is 6. The van der Waals surface area contributed by atoms with E-state index < -0.39 is 0 Å². The minimum Gasteiger partial charge on any atom is -0.491 e. The van der Waals surface area contributed by atoms with Gasteiger partial charge in [0.05, 0.1) is 25.9 Å². The van der Waals surface area contributed by atoms with Crippen molar-refractivity contribution >= 4 is 12.0 Å². The molecule has 3 rings (SSSR count). The highest BCUT2D eigenvalue weighted by Gasteiger charge is 2.23. The van der Waals surface area contributed by atoms with Crippen LogP contribution in [0.2, 0.25) is 0 Å². The predicted octanol–water partition coefficient (Wildman–Crippen LogP) is 3.06. The summed E-state index contributed by atoms with van der Waals surface area (Å²) >= 11 is 0. The maximum atomic E-state index is 12.5. The largest absolute Gasteiger partial charge is 0.491 e. The molecule has 1 aromatic rings. The fourth-order valence-electron chi connectivity index (χ4n) is 3.57. The minimum atomic E-state index is 0.197. The molecule has 148 valence electrons. The molecule has 2 aliphatic heterocycles. The van der Waals surface area contributed by atoms with Gasteiger partial charge in [0.1, 0.15) is 5.75 Å². The first-order valence-corrected chi connectivity index (χ1v) is 10.1. The summed E-state index contributed by atoms with van der Waals surface area (Å²) in [6.07, 6.45) is 6.76. The predicted molar refractivity (Wildman–Crippen MR) is 108 cm³/mol. The Hall–Kier alpha value is -1.85. The van der Waals surface area contributed by atoms with Crippen LogP contribution in [0.15, 0.2) is 30.3 Å². The first-order chi connectivity index (χ1) is 13.1. The van der Waals surface area contributed by atoms with Crippen LogP contribution in [0.25, 0.3) is 6.08 Å². The summed E-state index contributed by atoms with van der Waals surface area (Å²) in [4.78, 5) is 16.7. The van der Waals surface area contributed by atoms with Gasteiger partial charge in [-0.25, -0.2) is 0 Å². The van der Waals surface area contributed by atoms with Crippen molar-refractivity contribution in [3.8, 4) is 5.75 Å². The van der Waals surface area contributed by atoms with Crippen LogP contribution in [0.5, 0.6) is 5.75 Å². The lowest BCUT2D eigenvalue weighted by Crippen LogP contribution is -2.46. The summed E-state index contributed by atoms with van der Waals surface area (Å²) in [5, 5.41) is 0. The number of carbonyl (C=O) groups excluding carboxylic acids is 1. The summed E-state index contributed by atoms with van der Waals surface area (Å²) in [7, 11) is 0. The zero-order chi connectivity index (χ0) is 19.1. The number of morpholine rings is 1. The highest BCUT2D eigenvalue weighted by molar-refractivity contribution is 5.78. The zero-order valence-electron chi connectivity index (χ0n) is 16.6. The summed E-state index contributed by atoms with van der Waals surface area (Å²) in [6, 6.07) is 8.23. The smallest absolute Gasteiger partial charge is 0.236 e. The van der Waals surface area contributed by atoms with Crippen LogP contribution < -0.4 is 4.74 Å². The Morgan fingerprint density at radius 3 is 2.44 bits per heavy atom. The molecule has 0 bridgehead atoms. The third kappa shape index (κ3) is 6.36. The van der Waals surface area contributed by atoms with Gasteiger partial charge in [0.2, 0.25) is 5.91 Å². The van der Waals surface area contributed by atoms with Gasteiger partial charge in [-0.3, -0.25) is 9.69 Å². The molecule has 0 spiro atoms. The third-order valence-corrected chi connectivity index (χ3v) is 5.17. The molecular weight excluding hydrogens is 340 g/mol. The average Bonchev–Trinajstić information content (AvgIpc) is 2.68. The number of allylic oxidation sites excluding steroid dienone is 1. The second-order valence-corrected chi connectivity index (χ2v) is 7.70. The molecule has 2 heterocycles. The van der Waals surface area contributed by atoms with Gasteiger partial charge < -0.3 is 14.4 Å². The molecule has 0 unspecified atom stereocenters. The normalized spacial score (nSPS) is 19.7. The van der Waals surface area contributed by atoms with Crippen molar-refractivity contribution in [3.63, 3.8) is 0 Å². The molecule has 0 aliphatic carbocycles. The Morgan fingerprint density at radius 1 is 1.15 bits per heavy atom. The maximum Gasteiger partial charge on any atom is 0.236 e. The lowest BCUT2D eigenvalue weighted by atomic mass is 9.95. The third-order valence-electron chi connectivity index (χ3n) is 5.17. The van der Waals surface area contributed by atoms with Gasteiger partial charge >= 0.3 is 0 Å². The van der Waals surface area contributed by atoms with E-state index in [0.29, 0.717) is 12.5 Å². The number of benzene rings is 1. The number of hydrogen-bond donors (Lipinski definition) is 0. The van der Waals surface area contributed by atoms with Gasteiger partial charge in [-0.05, 0) is 50.3 Å². The summed E-state index contributed by atoms with van der Waals surface area (Å²) in [5.74, 6) is 1.72. The van der Waals surface area contributed by atoms with Gasteiger partial charge in [0, 0.05) is 26.2 Å². The Kier molecular flexibility index (Phi) is 7.30. The SMILES string of the molecule is CC(C)Oc1ccc(/C=C/C2CCN(C(=O)CN3CCOCC3)CC2)cc1. The second-order valence-electron chi connectivity index (χ2n) is 7.70. The van der Waals surface area contributed by atoms with Crippen LogP contribution in [0.4, 0.5) is 0 Å². The standard InChI is InChI=1S/C22H32N2O3/c1-18(2)27-21-7-5-19(6-8-21)3-4-20-9-11-24(12-10-20)22(25)17-23-13-15-26-16-14-23/h3-8,18,20H,9-17H2,1-2H3/b4-3+. The van der Waals surface area contributed by atoms with E-state index in [9.17, 15) is 4.79 Å². The van der Waals surface area contributed by atoms with Crippen molar-refractivity contribution in [3.05, 3.63) is 35.9 Å². The molecule has 1 amide bonds. The van der Waals surface area contributed by atoms with Crippen LogP contribution in [0, 0.1) is 5.92 Å². The molecule has 27 heavy (non-hydrogen) atoms. The molecule has 0 saturated carbocycles. The van der Waals surface area contributed by atoms with Gasteiger partial charge in [-0.1, -0.05) is 24.3 Å². The first-order valence-electron chi connectivity index (χ1n) is 10.1. The van der Waals surface area contributed by atoms with Crippen molar-refractivity contribution in [1.29, 1.82) is 0 Å². The zero-order valence-corrected chi connectivity index (χ0v) is 16.6. The van der Waals surface area contributed by atoms with Crippen LogP contribution in [0.1, 0.15) is 32.3 Å². The summed E-state index contributed by atoms with van der Waals surface area (Å²) < 4.78 is 11.0. The number of carbonyl (C=O) groups is 1. The molecule has 0 aromatic heterocycles. The molecule has 0 N–H and O–H groups in total. The Labute approximate surface area is 162 Å².